The number of aromatic nitrogens is 1. The fraction of sp³-hybridized carbons (Fsp3) is 0.500. The molecule has 116 valence electrons. The van der Waals surface area contributed by atoms with Gasteiger partial charge in [0.1, 0.15) is 10.6 Å². The van der Waals surface area contributed by atoms with Gasteiger partial charge in [-0.25, -0.2) is 13.2 Å². The lowest BCUT2D eigenvalue weighted by molar-refractivity contribution is -0.142. The third-order valence-corrected chi connectivity index (χ3v) is 5.38. The first-order valence-corrected chi connectivity index (χ1v) is 7.80. The average Bonchev–Trinajstić information content (AvgIpc) is 2.97. The van der Waals surface area contributed by atoms with Crippen LogP contribution in [-0.2, 0) is 19.6 Å². The van der Waals surface area contributed by atoms with E-state index in [9.17, 15) is 18.0 Å². The molecule has 1 aliphatic heterocycles. The monoisotopic (exact) mass is 316 g/mol. The second-order valence-electron chi connectivity index (χ2n) is 4.76. The highest BCUT2D eigenvalue weighted by Gasteiger charge is 2.32. The number of esters is 1. The predicted octanol–water partition coefficient (Wildman–Crippen LogP) is 0.287. The van der Waals surface area contributed by atoms with E-state index in [1.807, 2.05) is 0 Å². The number of nitrogens with zero attached hydrogens (tertiary/aromatic N) is 1. The Bertz CT molecular complexity index is 642. The molecule has 2 rings (SSSR count). The Labute approximate surface area is 121 Å². The van der Waals surface area contributed by atoms with E-state index in [0.29, 0.717) is 0 Å². The van der Waals surface area contributed by atoms with Crippen LogP contribution in [0.4, 0.5) is 0 Å². The Kier molecular flexibility index (Phi) is 4.33. The molecule has 2 heterocycles. The Morgan fingerprint density at radius 3 is 2.52 bits per heavy atom. The Balaban J connectivity index is 2.14. The van der Waals surface area contributed by atoms with Crippen LogP contribution in [0.1, 0.15) is 23.3 Å². The fourth-order valence-electron chi connectivity index (χ4n) is 2.24. The quantitative estimate of drug-likeness (QED) is 0.771. The van der Waals surface area contributed by atoms with Gasteiger partial charge in [0.2, 0.25) is 10.0 Å². The van der Waals surface area contributed by atoms with Gasteiger partial charge in [0.05, 0.1) is 13.0 Å². The van der Waals surface area contributed by atoms with Gasteiger partial charge in [-0.2, -0.15) is 4.31 Å². The maximum Gasteiger partial charge on any atom is 0.354 e. The van der Waals surface area contributed by atoms with Gasteiger partial charge in [-0.05, 0) is 18.9 Å². The molecular weight excluding hydrogens is 300 g/mol. The number of sulfonamides is 1. The minimum absolute atomic E-state index is 0.0309. The molecule has 1 fully saturated rings. The number of ether oxygens (including phenoxy) is 1. The first-order valence-electron chi connectivity index (χ1n) is 6.36. The molecule has 0 radical (unpaired) electrons. The van der Waals surface area contributed by atoms with E-state index in [2.05, 4.69) is 9.72 Å². The number of carbonyl (C=O) groups is 2. The molecule has 0 aliphatic carbocycles. The van der Waals surface area contributed by atoms with Crippen LogP contribution in [0, 0.1) is 5.92 Å². The summed E-state index contributed by atoms with van der Waals surface area (Å²) in [5, 5.41) is 8.91. The highest BCUT2D eigenvalue weighted by Crippen LogP contribution is 2.24. The van der Waals surface area contributed by atoms with Crippen molar-refractivity contribution in [2.75, 3.05) is 20.2 Å². The molecule has 1 aromatic heterocycles. The standard InChI is InChI=1S/C12H16N2O6S/c1-20-12(17)10-6-9(7-13-10)21(18,19)14-4-2-8(3-5-14)11(15)16/h6-8,13H,2-5H2,1H3,(H,15,16). The van der Waals surface area contributed by atoms with Crippen LogP contribution >= 0.6 is 0 Å². The molecule has 1 saturated heterocycles. The van der Waals surface area contributed by atoms with Gasteiger partial charge in [-0.1, -0.05) is 0 Å². The summed E-state index contributed by atoms with van der Waals surface area (Å²) >= 11 is 0. The average molecular weight is 316 g/mol. The molecule has 2 N–H and O–H groups in total. The summed E-state index contributed by atoms with van der Waals surface area (Å²) in [6, 6.07) is 1.21. The van der Waals surface area contributed by atoms with Crippen molar-refractivity contribution in [3.63, 3.8) is 0 Å². The van der Waals surface area contributed by atoms with Crippen molar-refractivity contribution in [2.24, 2.45) is 5.92 Å². The van der Waals surface area contributed by atoms with Gasteiger partial charge in [0, 0.05) is 19.3 Å². The SMILES string of the molecule is COC(=O)c1cc(S(=O)(=O)N2CCC(C(=O)O)CC2)c[nH]1. The Morgan fingerprint density at radius 2 is 2.00 bits per heavy atom. The van der Waals surface area contributed by atoms with Crippen molar-refractivity contribution >= 4 is 22.0 Å². The molecule has 0 atom stereocenters. The van der Waals surface area contributed by atoms with E-state index < -0.39 is 27.9 Å². The van der Waals surface area contributed by atoms with Crippen LogP contribution in [0.25, 0.3) is 0 Å². The van der Waals surface area contributed by atoms with Crippen LogP contribution in [0.5, 0.6) is 0 Å². The lowest BCUT2D eigenvalue weighted by Gasteiger charge is -2.28. The van der Waals surface area contributed by atoms with Crippen LogP contribution in [0.2, 0.25) is 0 Å². The summed E-state index contributed by atoms with van der Waals surface area (Å²) in [5.41, 5.74) is 0.0523. The van der Waals surface area contributed by atoms with Crippen LogP contribution in [-0.4, -0.2) is 55.0 Å². The number of carbonyl (C=O) groups excluding carboxylic acids is 1. The molecule has 21 heavy (non-hydrogen) atoms. The summed E-state index contributed by atoms with van der Waals surface area (Å²) in [4.78, 5) is 24.7. The second kappa shape index (κ2) is 5.86. The van der Waals surface area contributed by atoms with E-state index in [-0.39, 0.29) is 36.5 Å². The maximum atomic E-state index is 12.4. The van der Waals surface area contributed by atoms with Crippen molar-refractivity contribution in [1.29, 1.82) is 0 Å². The molecule has 0 spiro atoms. The van der Waals surface area contributed by atoms with Gasteiger partial charge in [-0.15, -0.1) is 0 Å². The molecule has 0 unspecified atom stereocenters. The first kappa shape index (κ1) is 15.5. The maximum absolute atomic E-state index is 12.4. The van der Waals surface area contributed by atoms with E-state index in [4.69, 9.17) is 5.11 Å². The van der Waals surface area contributed by atoms with Gasteiger partial charge in [0.25, 0.3) is 0 Å². The molecular formula is C12H16N2O6S. The summed E-state index contributed by atoms with van der Waals surface area (Å²) in [7, 11) is -2.53. The highest BCUT2D eigenvalue weighted by molar-refractivity contribution is 7.89. The van der Waals surface area contributed by atoms with E-state index in [0.717, 1.165) is 0 Å². The topological polar surface area (TPSA) is 117 Å². The minimum Gasteiger partial charge on any atom is -0.481 e. The number of aromatic amines is 1. The molecule has 9 heteroatoms. The van der Waals surface area contributed by atoms with Crippen LogP contribution in [0.15, 0.2) is 17.2 Å². The zero-order valence-electron chi connectivity index (χ0n) is 11.4. The van der Waals surface area contributed by atoms with Gasteiger partial charge >= 0.3 is 11.9 Å². The third-order valence-electron chi connectivity index (χ3n) is 3.50. The molecule has 1 aromatic rings. The van der Waals surface area contributed by atoms with Crippen molar-refractivity contribution in [1.82, 2.24) is 9.29 Å². The van der Waals surface area contributed by atoms with Gasteiger partial charge in [0.15, 0.2) is 0 Å². The number of carboxylic acids is 1. The summed E-state index contributed by atoms with van der Waals surface area (Å²) in [5.74, 6) is -2.06. The number of carboxylic acid groups (broad SMARTS) is 1. The van der Waals surface area contributed by atoms with E-state index in [1.165, 1.54) is 23.7 Å². The fourth-order valence-corrected chi connectivity index (χ4v) is 3.71. The number of aliphatic carboxylic acids is 1. The number of nitrogens with one attached hydrogen (secondary N) is 1. The molecule has 1 aliphatic rings. The van der Waals surface area contributed by atoms with E-state index >= 15 is 0 Å². The molecule has 0 bridgehead atoms. The number of hydrogen-bond donors (Lipinski definition) is 2. The summed E-state index contributed by atoms with van der Waals surface area (Å²) < 4.78 is 30.5. The lowest BCUT2D eigenvalue weighted by Crippen LogP contribution is -2.40. The third kappa shape index (κ3) is 3.08. The number of hydrogen-bond acceptors (Lipinski definition) is 5. The van der Waals surface area contributed by atoms with Crippen LogP contribution < -0.4 is 0 Å². The smallest absolute Gasteiger partial charge is 0.354 e. The largest absolute Gasteiger partial charge is 0.481 e. The Morgan fingerprint density at radius 1 is 1.38 bits per heavy atom. The normalized spacial score (nSPS) is 17.6. The predicted molar refractivity (Wildman–Crippen MR) is 71.3 cm³/mol. The number of piperidine rings is 1. The van der Waals surface area contributed by atoms with Gasteiger partial charge < -0.3 is 14.8 Å². The Hall–Kier alpha value is -1.87. The minimum atomic E-state index is -3.73. The summed E-state index contributed by atoms with van der Waals surface area (Å²) in [6.45, 7) is 0.302. The van der Waals surface area contributed by atoms with Crippen molar-refractivity contribution in [3.8, 4) is 0 Å². The number of rotatable bonds is 4. The van der Waals surface area contributed by atoms with E-state index in [1.54, 1.807) is 0 Å². The zero-order valence-corrected chi connectivity index (χ0v) is 12.2. The molecule has 0 aromatic carbocycles. The summed E-state index contributed by atoms with van der Waals surface area (Å²) in [6.07, 6.45) is 1.79. The van der Waals surface area contributed by atoms with Crippen molar-refractivity contribution < 1.29 is 27.9 Å². The molecule has 0 saturated carbocycles. The van der Waals surface area contributed by atoms with Crippen LogP contribution in [0.3, 0.4) is 0 Å². The zero-order chi connectivity index (χ0) is 15.6. The number of H-pyrrole nitrogens is 1. The molecule has 8 nitrogen and oxygen atoms in total. The highest BCUT2D eigenvalue weighted by atomic mass is 32.2. The lowest BCUT2D eigenvalue weighted by atomic mass is 9.99. The van der Waals surface area contributed by atoms with Gasteiger partial charge in [-0.3, -0.25) is 4.79 Å². The number of methoxy groups -OCH3 is 1. The molecule has 0 amide bonds. The first-order chi connectivity index (χ1) is 9.86. The second-order valence-corrected chi connectivity index (χ2v) is 6.70. The van der Waals surface area contributed by atoms with Crippen molar-refractivity contribution in [2.45, 2.75) is 17.7 Å². The van der Waals surface area contributed by atoms with Crippen molar-refractivity contribution in [3.05, 3.63) is 18.0 Å².